The molecule has 5 nitrogen and oxygen atoms in total. The summed E-state index contributed by atoms with van der Waals surface area (Å²) in [6.45, 7) is 1.40. The minimum Gasteiger partial charge on any atom is -0.497 e. The van der Waals surface area contributed by atoms with E-state index in [4.69, 9.17) is 4.74 Å². The van der Waals surface area contributed by atoms with Gasteiger partial charge in [-0.1, -0.05) is 28.1 Å². The minimum atomic E-state index is -0.259. The Balaban J connectivity index is 2.05. The molecule has 0 fully saturated rings. The highest BCUT2D eigenvalue weighted by molar-refractivity contribution is 9.10. The van der Waals surface area contributed by atoms with E-state index in [1.54, 1.807) is 43.6 Å². The van der Waals surface area contributed by atoms with Gasteiger partial charge in [0, 0.05) is 23.2 Å². The zero-order valence-corrected chi connectivity index (χ0v) is 15.3. The quantitative estimate of drug-likeness (QED) is 0.607. The SMILES string of the molecule is COc1ccc(-n2cc(C(=O)c3cccc(Br)c3)c(C(C)=O)n2)cc1. The number of ketones is 2. The summed E-state index contributed by atoms with van der Waals surface area (Å²) in [5.74, 6) is 0.213. The molecule has 0 saturated carbocycles. The van der Waals surface area contributed by atoms with Gasteiger partial charge >= 0.3 is 0 Å². The standard InChI is InChI=1S/C19H15BrN2O3/c1-12(23)18-17(19(24)13-4-3-5-14(20)10-13)11-22(21-18)15-6-8-16(25-2)9-7-15/h3-11H,1-2H3. The van der Waals surface area contributed by atoms with Gasteiger partial charge in [-0.3, -0.25) is 9.59 Å². The smallest absolute Gasteiger partial charge is 0.196 e. The predicted molar refractivity (Wildman–Crippen MR) is 97.7 cm³/mol. The highest BCUT2D eigenvalue weighted by Crippen LogP contribution is 2.21. The highest BCUT2D eigenvalue weighted by atomic mass is 79.9. The number of benzene rings is 2. The molecule has 3 aromatic rings. The van der Waals surface area contributed by atoms with E-state index in [0.29, 0.717) is 11.3 Å². The normalized spacial score (nSPS) is 10.5. The largest absolute Gasteiger partial charge is 0.497 e. The van der Waals surface area contributed by atoms with Gasteiger partial charge in [0.25, 0.3) is 0 Å². The average molecular weight is 399 g/mol. The predicted octanol–water partition coefficient (Wildman–Crippen LogP) is 4.08. The van der Waals surface area contributed by atoms with Gasteiger partial charge in [-0.15, -0.1) is 0 Å². The number of carbonyl (C=O) groups excluding carboxylic acids is 2. The lowest BCUT2D eigenvalue weighted by Gasteiger charge is -2.03. The first-order chi connectivity index (χ1) is 12.0. The molecular weight excluding hydrogens is 384 g/mol. The molecule has 1 aromatic heterocycles. The minimum absolute atomic E-state index is 0.154. The molecule has 25 heavy (non-hydrogen) atoms. The second kappa shape index (κ2) is 7.03. The number of hydrogen-bond donors (Lipinski definition) is 0. The van der Waals surface area contributed by atoms with Crippen LogP contribution in [0.15, 0.2) is 59.2 Å². The maximum absolute atomic E-state index is 12.8. The van der Waals surface area contributed by atoms with Crippen molar-refractivity contribution in [2.45, 2.75) is 6.92 Å². The van der Waals surface area contributed by atoms with Crippen LogP contribution in [0.4, 0.5) is 0 Å². The van der Waals surface area contributed by atoms with Crippen molar-refractivity contribution in [3.8, 4) is 11.4 Å². The fourth-order valence-electron chi connectivity index (χ4n) is 2.45. The first-order valence-electron chi connectivity index (χ1n) is 7.55. The van der Waals surface area contributed by atoms with Crippen LogP contribution in [0.1, 0.15) is 33.3 Å². The van der Waals surface area contributed by atoms with Crippen LogP contribution in [0.5, 0.6) is 5.75 Å². The number of rotatable bonds is 5. The molecule has 0 aliphatic carbocycles. The van der Waals surface area contributed by atoms with Gasteiger partial charge in [0.2, 0.25) is 0 Å². The van der Waals surface area contributed by atoms with Crippen LogP contribution in [-0.2, 0) is 0 Å². The molecule has 0 radical (unpaired) electrons. The van der Waals surface area contributed by atoms with E-state index in [0.717, 1.165) is 10.2 Å². The maximum atomic E-state index is 12.8. The van der Waals surface area contributed by atoms with Crippen molar-refractivity contribution in [3.05, 3.63) is 76.0 Å². The van der Waals surface area contributed by atoms with E-state index in [1.807, 2.05) is 18.2 Å². The van der Waals surface area contributed by atoms with Crippen molar-refractivity contribution in [3.63, 3.8) is 0 Å². The lowest BCUT2D eigenvalue weighted by atomic mass is 10.0. The topological polar surface area (TPSA) is 61.2 Å². The molecule has 0 spiro atoms. The molecule has 6 heteroatoms. The highest BCUT2D eigenvalue weighted by Gasteiger charge is 2.21. The molecule has 0 aliphatic rings. The molecule has 0 saturated heterocycles. The third kappa shape index (κ3) is 3.53. The Hall–Kier alpha value is -2.73. The van der Waals surface area contributed by atoms with Crippen LogP contribution in [0.25, 0.3) is 5.69 Å². The van der Waals surface area contributed by atoms with Crippen molar-refractivity contribution in [1.82, 2.24) is 9.78 Å². The molecule has 2 aromatic carbocycles. The summed E-state index contributed by atoms with van der Waals surface area (Å²) in [7, 11) is 1.59. The molecule has 0 N–H and O–H groups in total. The Morgan fingerprint density at radius 1 is 1.12 bits per heavy atom. The molecule has 0 aliphatic heterocycles. The summed E-state index contributed by atoms with van der Waals surface area (Å²) < 4.78 is 7.46. The first-order valence-corrected chi connectivity index (χ1v) is 8.34. The Bertz CT molecular complexity index is 946. The Kier molecular flexibility index (Phi) is 4.81. The Labute approximate surface area is 153 Å². The molecule has 0 bridgehead atoms. The zero-order valence-electron chi connectivity index (χ0n) is 13.7. The van der Waals surface area contributed by atoms with E-state index < -0.39 is 0 Å². The van der Waals surface area contributed by atoms with Crippen molar-refractivity contribution >= 4 is 27.5 Å². The second-order valence-corrected chi connectivity index (χ2v) is 6.35. The van der Waals surface area contributed by atoms with Gasteiger partial charge < -0.3 is 4.74 Å². The van der Waals surface area contributed by atoms with E-state index in [1.165, 1.54) is 11.6 Å². The van der Waals surface area contributed by atoms with E-state index in [2.05, 4.69) is 21.0 Å². The number of nitrogens with zero attached hydrogens (tertiary/aromatic N) is 2. The monoisotopic (exact) mass is 398 g/mol. The van der Waals surface area contributed by atoms with Crippen LogP contribution in [-0.4, -0.2) is 28.5 Å². The Morgan fingerprint density at radius 2 is 1.84 bits per heavy atom. The molecule has 0 unspecified atom stereocenters. The van der Waals surface area contributed by atoms with Gasteiger partial charge in [-0.2, -0.15) is 5.10 Å². The van der Waals surface area contributed by atoms with E-state index in [-0.39, 0.29) is 22.8 Å². The van der Waals surface area contributed by atoms with Crippen molar-refractivity contribution in [2.75, 3.05) is 7.11 Å². The number of Topliss-reactive ketones (excluding diaryl/α,β-unsaturated/α-hetero) is 1. The molecule has 0 atom stereocenters. The van der Waals surface area contributed by atoms with Crippen molar-refractivity contribution in [1.29, 1.82) is 0 Å². The van der Waals surface area contributed by atoms with Crippen LogP contribution in [0.3, 0.4) is 0 Å². The van der Waals surface area contributed by atoms with Gasteiger partial charge in [-0.25, -0.2) is 4.68 Å². The Morgan fingerprint density at radius 3 is 2.44 bits per heavy atom. The van der Waals surface area contributed by atoms with E-state index >= 15 is 0 Å². The number of halogens is 1. The summed E-state index contributed by atoms with van der Waals surface area (Å²) >= 11 is 3.35. The van der Waals surface area contributed by atoms with Gasteiger partial charge in [0.15, 0.2) is 11.6 Å². The van der Waals surface area contributed by atoms with Gasteiger partial charge in [-0.05, 0) is 36.4 Å². The molecular formula is C19H15BrN2O3. The van der Waals surface area contributed by atoms with Crippen molar-refractivity contribution < 1.29 is 14.3 Å². The molecule has 3 rings (SSSR count). The van der Waals surface area contributed by atoms with Crippen LogP contribution in [0.2, 0.25) is 0 Å². The van der Waals surface area contributed by atoms with Crippen LogP contribution >= 0.6 is 15.9 Å². The summed E-state index contributed by atoms with van der Waals surface area (Å²) in [6.07, 6.45) is 1.59. The number of ether oxygens (including phenoxy) is 1. The average Bonchev–Trinajstić information content (AvgIpc) is 3.07. The van der Waals surface area contributed by atoms with Gasteiger partial charge in [0.1, 0.15) is 11.4 Å². The fraction of sp³-hybridized carbons (Fsp3) is 0.105. The van der Waals surface area contributed by atoms with Gasteiger partial charge in [0.05, 0.1) is 18.4 Å². The third-order valence-electron chi connectivity index (χ3n) is 3.72. The third-order valence-corrected chi connectivity index (χ3v) is 4.21. The lowest BCUT2D eigenvalue weighted by Crippen LogP contribution is -2.06. The number of hydrogen-bond acceptors (Lipinski definition) is 4. The molecule has 0 amide bonds. The first kappa shape index (κ1) is 17.1. The summed E-state index contributed by atoms with van der Waals surface area (Å²) in [6, 6.07) is 14.2. The van der Waals surface area contributed by atoms with Crippen LogP contribution < -0.4 is 4.74 Å². The molecule has 126 valence electrons. The maximum Gasteiger partial charge on any atom is 0.196 e. The summed E-state index contributed by atoms with van der Waals surface area (Å²) in [5, 5.41) is 4.30. The number of methoxy groups -OCH3 is 1. The zero-order chi connectivity index (χ0) is 18.0. The van der Waals surface area contributed by atoms with Crippen LogP contribution in [0, 0.1) is 0 Å². The molecule has 1 heterocycles. The number of aromatic nitrogens is 2. The summed E-state index contributed by atoms with van der Waals surface area (Å²) in [5.41, 5.74) is 1.66. The fourth-order valence-corrected chi connectivity index (χ4v) is 2.85. The van der Waals surface area contributed by atoms with E-state index in [9.17, 15) is 9.59 Å². The van der Waals surface area contributed by atoms with Crippen molar-refractivity contribution in [2.24, 2.45) is 0 Å². The summed E-state index contributed by atoms with van der Waals surface area (Å²) in [4.78, 5) is 24.8. The number of carbonyl (C=O) groups is 2. The second-order valence-electron chi connectivity index (χ2n) is 5.43. The lowest BCUT2D eigenvalue weighted by molar-refractivity contribution is 0.0987.